The van der Waals surface area contributed by atoms with Crippen LogP contribution in [0.4, 0.5) is 10.8 Å². The van der Waals surface area contributed by atoms with Crippen molar-refractivity contribution < 1.29 is 9.53 Å². The number of nitrogens with zero attached hydrogens (tertiary/aromatic N) is 1. The third-order valence-electron chi connectivity index (χ3n) is 2.05. The number of amides is 1. The molecular weight excluding hydrogens is 252 g/mol. The van der Waals surface area contributed by atoms with Gasteiger partial charge in [-0.1, -0.05) is 0 Å². The summed E-state index contributed by atoms with van der Waals surface area (Å²) < 4.78 is 9.40. The van der Waals surface area contributed by atoms with Gasteiger partial charge in [0.05, 0.1) is 6.61 Å². The molecule has 0 atom stereocenters. The zero-order valence-electron chi connectivity index (χ0n) is 10.9. The molecule has 0 saturated carbocycles. The summed E-state index contributed by atoms with van der Waals surface area (Å²) >= 11 is 1.24. The summed E-state index contributed by atoms with van der Waals surface area (Å²) in [5.74, 6) is 0.982. The molecule has 1 rings (SSSR count). The number of nitrogens with two attached hydrogens (primary N) is 1. The van der Waals surface area contributed by atoms with Crippen molar-refractivity contribution in [2.24, 2.45) is 0 Å². The molecule has 102 valence electrons. The standard InChI is InChI=1S/C11H20N4O2S/c1-4-17-9-10(12)15-18-11(9)13-6-5-8(16)14-7(2)3/h7,13H,4-6H2,1-3H3,(H2,12,15)(H,14,16). The number of nitrogen functional groups attached to an aromatic ring is 1. The fraction of sp³-hybridized carbons (Fsp3) is 0.636. The highest BCUT2D eigenvalue weighted by Crippen LogP contribution is 2.34. The monoisotopic (exact) mass is 272 g/mol. The normalized spacial score (nSPS) is 10.4. The van der Waals surface area contributed by atoms with Crippen LogP contribution in [0.2, 0.25) is 0 Å². The van der Waals surface area contributed by atoms with Gasteiger partial charge in [0.2, 0.25) is 5.91 Å². The molecule has 0 aliphatic heterocycles. The number of nitrogens with one attached hydrogen (secondary N) is 2. The summed E-state index contributed by atoms with van der Waals surface area (Å²) in [6, 6.07) is 0.163. The van der Waals surface area contributed by atoms with E-state index in [0.717, 1.165) is 5.00 Å². The number of ether oxygens (including phenoxy) is 1. The van der Waals surface area contributed by atoms with E-state index in [1.54, 1.807) is 0 Å². The van der Waals surface area contributed by atoms with Crippen molar-refractivity contribution in [1.29, 1.82) is 0 Å². The highest BCUT2D eigenvalue weighted by molar-refractivity contribution is 7.11. The maximum atomic E-state index is 11.4. The van der Waals surface area contributed by atoms with Crippen molar-refractivity contribution in [2.45, 2.75) is 33.2 Å². The lowest BCUT2D eigenvalue weighted by Crippen LogP contribution is -2.31. The van der Waals surface area contributed by atoms with Crippen LogP contribution in [0.15, 0.2) is 0 Å². The lowest BCUT2D eigenvalue weighted by atomic mass is 10.3. The molecule has 0 spiro atoms. The molecule has 0 unspecified atom stereocenters. The third-order valence-corrected chi connectivity index (χ3v) is 2.85. The largest absolute Gasteiger partial charge is 0.487 e. The molecule has 0 aliphatic carbocycles. The van der Waals surface area contributed by atoms with Crippen LogP contribution in [0.25, 0.3) is 0 Å². The van der Waals surface area contributed by atoms with Crippen LogP contribution < -0.4 is 21.1 Å². The number of aromatic nitrogens is 1. The molecule has 1 aromatic rings. The number of hydrogen-bond acceptors (Lipinski definition) is 6. The van der Waals surface area contributed by atoms with E-state index in [9.17, 15) is 4.79 Å². The molecule has 4 N–H and O–H groups in total. The van der Waals surface area contributed by atoms with Crippen LogP contribution in [0.3, 0.4) is 0 Å². The van der Waals surface area contributed by atoms with Crippen LogP contribution in [0.1, 0.15) is 27.2 Å². The number of carbonyl (C=O) groups excluding carboxylic acids is 1. The molecule has 1 amide bonds. The quantitative estimate of drug-likeness (QED) is 0.699. The van der Waals surface area contributed by atoms with E-state index in [1.807, 2.05) is 20.8 Å². The first-order chi connectivity index (χ1) is 8.54. The van der Waals surface area contributed by atoms with Gasteiger partial charge in [0.25, 0.3) is 0 Å². The van der Waals surface area contributed by atoms with Gasteiger partial charge in [-0.15, -0.1) is 0 Å². The first-order valence-corrected chi connectivity index (χ1v) is 6.73. The van der Waals surface area contributed by atoms with E-state index < -0.39 is 0 Å². The number of carbonyl (C=O) groups is 1. The molecule has 6 nitrogen and oxygen atoms in total. The van der Waals surface area contributed by atoms with Gasteiger partial charge < -0.3 is 21.1 Å². The van der Waals surface area contributed by atoms with Crippen LogP contribution in [-0.4, -0.2) is 29.5 Å². The van der Waals surface area contributed by atoms with Crippen molar-refractivity contribution in [3.05, 3.63) is 0 Å². The second kappa shape index (κ2) is 7.05. The molecule has 7 heteroatoms. The smallest absolute Gasteiger partial charge is 0.221 e. The van der Waals surface area contributed by atoms with Gasteiger partial charge in [-0.05, 0) is 32.3 Å². The van der Waals surface area contributed by atoms with Crippen molar-refractivity contribution in [2.75, 3.05) is 24.2 Å². The van der Waals surface area contributed by atoms with Gasteiger partial charge in [-0.2, -0.15) is 4.37 Å². The van der Waals surface area contributed by atoms with Crippen LogP contribution >= 0.6 is 11.5 Å². The predicted molar refractivity (Wildman–Crippen MR) is 74.1 cm³/mol. The number of anilines is 2. The van der Waals surface area contributed by atoms with Gasteiger partial charge in [-0.3, -0.25) is 4.79 Å². The Balaban J connectivity index is 2.41. The van der Waals surface area contributed by atoms with Crippen LogP contribution in [0, 0.1) is 0 Å². The molecule has 0 bridgehead atoms. The van der Waals surface area contributed by atoms with E-state index >= 15 is 0 Å². The second-order valence-corrected chi connectivity index (χ2v) is 4.83. The SMILES string of the molecule is CCOc1c(N)nsc1NCCC(=O)NC(C)C. The Morgan fingerprint density at radius 1 is 1.56 bits per heavy atom. The van der Waals surface area contributed by atoms with E-state index in [0.29, 0.717) is 31.1 Å². The average Bonchev–Trinajstić information content (AvgIpc) is 2.61. The fourth-order valence-electron chi connectivity index (χ4n) is 1.37. The van der Waals surface area contributed by atoms with Crippen molar-refractivity contribution >= 4 is 28.3 Å². The summed E-state index contributed by atoms with van der Waals surface area (Å²) in [5.41, 5.74) is 5.68. The summed E-state index contributed by atoms with van der Waals surface area (Å²) in [5, 5.41) is 6.71. The summed E-state index contributed by atoms with van der Waals surface area (Å²) in [4.78, 5) is 11.4. The summed E-state index contributed by atoms with van der Waals surface area (Å²) in [7, 11) is 0. The minimum absolute atomic E-state index is 0.0212. The highest BCUT2D eigenvalue weighted by Gasteiger charge is 2.12. The van der Waals surface area contributed by atoms with Crippen molar-refractivity contribution in [3.63, 3.8) is 0 Å². The number of hydrogen-bond donors (Lipinski definition) is 3. The molecule has 18 heavy (non-hydrogen) atoms. The molecule has 1 aromatic heterocycles. The lowest BCUT2D eigenvalue weighted by Gasteiger charge is -2.09. The van der Waals surface area contributed by atoms with Gasteiger partial charge in [-0.25, -0.2) is 0 Å². The molecule has 0 saturated heterocycles. The minimum Gasteiger partial charge on any atom is -0.487 e. The zero-order valence-corrected chi connectivity index (χ0v) is 11.8. The first-order valence-electron chi connectivity index (χ1n) is 5.95. The highest BCUT2D eigenvalue weighted by atomic mass is 32.1. The molecule has 0 aromatic carbocycles. The third kappa shape index (κ3) is 4.40. The molecule has 0 fully saturated rings. The number of rotatable bonds is 7. The Morgan fingerprint density at radius 2 is 2.28 bits per heavy atom. The summed E-state index contributed by atoms with van der Waals surface area (Å²) in [6.45, 7) is 6.81. The first kappa shape index (κ1) is 14.6. The van der Waals surface area contributed by atoms with Gasteiger partial charge in [0, 0.05) is 19.0 Å². The Labute approximate surface area is 111 Å². The van der Waals surface area contributed by atoms with Crippen molar-refractivity contribution in [1.82, 2.24) is 9.69 Å². The van der Waals surface area contributed by atoms with E-state index in [4.69, 9.17) is 10.5 Å². The molecular formula is C11H20N4O2S. The maximum absolute atomic E-state index is 11.4. The molecule has 0 radical (unpaired) electrons. The van der Waals surface area contributed by atoms with E-state index in [-0.39, 0.29) is 11.9 Å². The Kier molecular flexibility index (Phi) is 5.70. The fourth-order valence-corrected chi connectivity index (χ4v) is 2.06. The van der Waals surface area contributed by atoms with E-state index in [2.05, 4.69) is 15.0 Å². The average molecular weight is 272 g/mol. The minimum atomic E-state index is 0.0212. The second-order valence-electron chi connectivity index (χ2n) is 4.06. The lowest BCUT2D eigenvalue weighted by molar-refractivity contribution is -0.121. The topological polar surface area (TPSA) is 89.3 Å². The maximum Gasteiger partial charge on any atom is 0.221 e. The van der Waals surface area contributed by atoms with Gasteiger partial charge in [0.1, 0.15) is 0 Å². The Bertz CT molecular complexity index is 392. The zero-order chi connectivity index (χ0) is 13.5. The molecule has 0 aliphatic rings. The van der Waals surface area contributed by atoms with Gasteiger partial charge in [0.15, 0.2) is 16.6 Å². The molecule has 1 heterocycles. The van der Waals surface area contributed by atoms with E-state index in [1.165, 1.54) is 11.5 Å². The predicted octanol–water partition coefficient (Wildman–Crippen LogP) is 1.45. The van der Waals surface area contributed by atoms with Gasteiger partial charge >= 0.3 is 0 Å². The Morgan fingerprint density at radius 3 is 2.89 bits per heavy atom. The van der Waals surface area contributed by atoms with Crippen LogP contribution in [-0.2, 0) is 4.79 Å². The Hall–Kier alpha value is -1.50. The summed E-state index contributed by atoms with van der Waals surface area (Å²) in [6.07, 6.45) is 0.404. The van der Waals surface area contributed by atoms with Crippen LogP contribution in [0.5, 0.6) is 5.75 Å². The van der Waals surface area contributed by atoms with Crippen molar-refractivity contribution in [3.8, 4) is 5.75 Å².